The lowest BCUT2D eigenvalue weighted by atomic mass is 10.0. The second kappa shape index (κ2) is 15.4. The van der Waals surface area contributed by atoms with Crippen molar-refractivity contribution in [2.45, 2.75) is 78.0 Å². The summed E-state index contributed by atoms with van der Waals surface area (Å²) in [4.78, 5) is 64.4. The van der Waals surface area contributed by atoms with Gasteiger partial charge in [-0.1, -0.05) is 31.5 Å². The highest BCUT2D eigenvalue weighted by Crippen LogP contribution is 2.30. The lowest BCUT2D eigenvalue weighted by molar-refractivity contribution is -0.144. The van der Waals surface area contributed by atoms with Crippen LogP contribution < -0.4 is 16.4 Å². The molecule has 4 amide bonds. The molecule has 0 heterocycles. The molecule has 212 valence electrons. The van der Waals surface area contributed by atoms with Gasteiger partial charge in [-0.3, -0.25) is 19.2 Å². The average molecular weight is 537 g/mol. The van der Waals surface area contributed by atoms with Crippen LogP contribution in [0.3, 0.4) is 0 Å². The Bertz CT molecular complexity index is 976. The molecule has 1 aromatic carbocycles. The Morgan fingerprint density at radius 3 is 2.32 bits per heavy atom. The number of carbonyl (C=O) groups excluding carboxylic acids is 5. The van der Waals surface area contributed by atoms with Crippen LogP contribution in [0.2, 0.25) is 0 Å². The summed E-state index contributed by atoms with van der Waals surface area (Å²) in [6, 6.07) is 3.24. The van der Waals surface area contributed by atoms with E-state index in [0.717, 1.165) is 0 Å². The number of nitrogens with zero attached hydrogens (tertiary/aromatic N) is 1. The van der Waals surface area contributed by atoms with Crippen LogP contribution in [0, 0.1) is 0 Å². The predicted octanol–water partition coefficient (Wildman–Crippen LogP) is 1.90. The third-order valence-electron chi connectivity index (χ3n) is 5.16. The summed E-state index contributed by atoms with van der Waals surface area (Å²) >= 11 is 0. The van der Waals surface area contributed by atoms with Gasteiger partial charge in [-0.15, -0.1) is 0 Å². The Morgan fingerprint density at radius 2 is 1.76 bits per heavy atom. The number of unbranched alkanes of at least 4 members (excludes halogenated alkanes) is 1. The van der Waals surface area contributed by atoms with Crippen molar-refractivity contribution < 1.29 is 38.6 Å². The highest BCUT2D eigenvalue weighted by atomic mass is 16.6. The predicted molar refractivity (Wildman–Crippen MR) is 139 cm³/mol. The number of ether oxygens (including phenoxy) is 2. The highest BCUT2D eigenvalue weighted by Gasteiger charge is 2.37. The maximum Gasteiger partial charge on any atom is 0.408 e. The average Bonchev–Trinajstić information content (AvgIpc) is 2.80. The lowest BCUT2D eigenvalue weighted by Gasteiger charge is -2.34. The zero-order valence-corrected chi connectivity index (χ0v) is 22.7. The minimum Gasteiger partial charge on any atom is -0.508 e. The topological polar surface area (TPSA) is 177 Å². The third-order valence-corrected chi connectivity index (χ3v) is 5.16. The normalized spacial score (nSPS) is 12.6. The van der Waals surface area contributed by atoms with Gasteiger partial charge in [-0.2, -0.15) is 0 Å². The van der Waals surface area contributed by atoms with E-state index in [0.29, 0.717) is 12.8 Å². The van der Waals surface area contributed by atoms with Crippen LogP contribution in [0.4, 0.5) is 4.79 Å². The zero-order valence-electron chi connectivity index (χ0n) is 22.7. The van der Waals surface area contributed by atoms with E-state index in [-0.39, 0.29) is 37.4 Å². The molecular formula is C26H40N4O8. The van der Waals surface area contributed by atoms with Crippen LogP contribution in [0.15, 0.2) is 24.3 Å². The number of nitrogens with one attached hydrogen (secondary N) is 2. The van der Waals surface area contributed by atoms with E-state index >= 15 is 0 Å². The van der Waals surface area contributed by atoms with Crippen molar-refractivity contribution in [3.63, 3.8) is 0 Å². The van der Waals surface area contributed by atoms with Crippen LogP contribution in [-0.4, -0.2) is 71.1 Å². The molecule has 2 unspecified atom stereocenters. The Hall–Kier alpha value is -3.83. The fourth-order valence-electron chi connectivity index (χ4n) is 3.53. The van der Waals surface area contributed by atoms with Crippen LogP contribution in [0.1, 0.15) is 71.9 Å². The van der Waals surface area contributed by atoms with Gasteiger partial charge in [0.15, 0.2) is 0 Å². The minimum absolute atomic E-state index is 0.0604. The maximum absolute atomic E-state index is 13.8. The molecule has 0 aliphatic heterocycles. The van der Waals surface area contributed by atoms with Crippen molar-refractivity contribution in [3.05, 3.63) is 29.8 Å². The first-order valence-corrected chi connectivity index (χ1v) is 12.6. The summed E-state index contributed by atoms with van der Waals surface area (Å²) in [5, 5.41) is 15.6. The molecule has 0 fully saturated rings. The number of carbonyl (C=O) groups is 5. The number of hydrogen-bond acceptors (Lipinski definition) is 8. The molecule has 0 radical (unpaired) electrons. The van der Waals surface area contributed by atoms with Gasteiger partial charge in [-0.25, -0.2) is 4.79 Å². The maximum atomic E-state index is 13.8. The first kappa shape index (κ1) is 32.2. The van der Waals surface area contributed by atoms with Gasteiger partial charge in [0.1, 0.15) is 23.4 Å². The number of aromatic hydroxyl groups is 1. The molecular weight excluding hydrogens is 496 g/mol. The van der Waals surface area contributed by atoms with Gasteiger partial charge in [0, 0.05) is 18.7 Å². The van der Waals surface area contributed by atoms with Crippen LogP contribution >= 0.6 is 0 Å². The summed E-state index contributed by atoms with van der Waals surface area (Å²) in [5.41, 5.74) is 4.61. The Balaban J connectivity index is 3.41. The molecule has 0 saturated heterocycles. The lowest BCUT2D eigenvalue weighted by Crippen LogP contribution is -2.54. The van der Waals surface area contributed by atoms with Crippen molar-refractivity contribution in [2.75, 3.05) is 19.7 Å². The highest BCUT2D eigenvalue weighted by molar-refractivity contribution is 5.94. The SMILES string of the molecule is CCCCN(C(=O)C(CC(N)=O)NC(=O)OC(C)(C)C)C(C(=O)NCCC(=O)OCC)c1ccccc1O. The fraction of sp³-hybridized carbons (Fsp3) is 0.577. The van der Waals surface area contributed by atoms with Crippen molar-refractivity contribution in [3.8, 4) is 5.75 Å². The Labute approximate surface area is 223 Å². The van der Waals surface area contributed by atoms with Gasteiger partial charge in [0.2, 0.25) is 17.7 Å². The molecule has 0 spiro atoms. The zero-order chi connectivity index (χ0) is 28.9. The minimum atomic E-state index is -1.43. The number of phenolic OH excluding ortho intramolecular Hbond substituents is 1. The van der Waals surface area contributed by atoms with Crippen molar-refractivity contribution >= 4 is 29.8 Å². The monoisotopic (exact) mass is 536 g/mol. The molecule has 5 N–H and O–H groups in total. The molecule has 12 nitrogen and oxygen atoms in total. The van der Waals surface area contributed by atoms with Crippen LogP contribution in [-0.2, 0) is 28.7 Å². The molecule has 0 bridgehead atoms. The molecule has 2 atom stereocenters. The van der Waals surface area contributed by atoms with E-state index in [1.807, 2.05) is 6.92 Å². The number of hydrogen-bond donors (Lipinski definition) is 4. The second-order valence-electron chi connectivity index (χ2n) is 9.56. The summed E-state index contributed by atoms with van der Waals surface area (Å²) in [7, 11) is 0. The van der Waals surface area contributed by atoms with Crippen molar-refractivity contribution in [1.82, 2.24) is 15.5 Å². The number of esters is 1. The third kappa shape index (κ3) is 11.1. The molecule has 0 aliphatic rings. The standard InChI is InChI=1S/C26H40N4O8/c1-6-8-15-30(24(35)18(16-20(27)32)29-25(36)38-26(3,4)5)22(17-11-9-10-12-19(17)31)23(34)28-14-13-21(33)37-7-2/h9-12,18,22,31H,6-8,13-16H2,1-5H3,(H2,27,32)(H,28,34)(H,29,36). The van der Waals surface area contributed by atoms with Gasteiger partial charge < -0.3 is 35.8 Å². The van der Waals surface area contributed by atoms with E-state index < -0.39 is 53.9 Å². The number of phenols is 1. The number of amides is 4. The number of alkyl carbamates (subject to hydrolysis) is 1. The molecule has 1 rings (SSSR count). The summed E-state index contributed by atoms with van der Waals surface area (Å²) in [6.07, 6.45) is -0.451. The number of nitrogens with two attached hydrogens (primary N) is 1. The van der Waals surface area contributed by atoms with Gasteiger partial charge in [0.25, 0.3) is 0 Å². The van der Waals surface area contributed by atoms with E-state index in [1.165, 1.54) is 17.0 Å². The smallest absolute Gasteiger partial charge is 0.408 e. The summed E-state index contributed by atoms with van der Waals surface area (Å²) < 4.78 is 10.1. The molecule has 38 heavy (non-hydrogen) atoms. The van der Waals surface area contributed by atoms with E-state index in [1.54, 1.807) is 39.8 Å². The van der Waals surface area contributed by atoms with Crippen molar-refractivity contribution in [1.29, 1.82) is 0 Å². The summed E-state index contributed by atoms with van der Waals surface area (Å²) in [6.45, 7) is 8.65. The first-order valence-electron chi connectivity index (χ1n) is 12.6. The molecule has 1 aromatic rings. The van der Waals surface area contributed by atoms with E-state index in [9.17, 15) is 29.1 Å². The number of primary amides is 1. The van der Waals surface area contributed by atoms with E-state index in [2.05, 4.69) is 10.6 Å². The first-order chi connectivity index (χ1) is 17.8. The molecule has 0 saturated carbocycles. The van der Waals surface area contributed by atoms with Crippen LogP contribution in [0.5, 0.6) is 5.75 Å². The van der Waals surface area contributed by atoms with Crippen molar-refractivity contribution in [2.24, 2.45) is 5.73 Å². The molecule has 0 aromatic heterocycles. The molecule has 0 aliphatic carbocycles. The number of benzene rings is 1. The van der Waals surface area contributed by atoms with Gasteiger partial charge >= 0.3 is 12.1 Å². The number of rotatable bonds is 14. The molecule has 12 heteroatoms. The van der Waals surface area contributed by atoms with Crippen LogP contribution in [0.25, 0.3) is 0 Å². The Kier molecular flexibility index (Phi) is 13.1. The van der Waals surface area contributed by atoms with Gasteiger partial charge in [-0.05, 0) is 40.2 Å². The largest absolute Gasteiger partial charge is 0.508 e. The quantitative estimate of drug-likeness (QED) is 0.260. The van der Waals surface area contributed by atoms with E-state index in [4.69, 9.17) is 15.2 Å². The summed E-state index contributed by atoms with van der Waals surface area (Å²) in [5.74, 6) is -3.03. The Morgan fingerprint density at radius 1 is 1.11 bits per heavy atom. The number of para-hydroxylation sites is 1. The fourth-order valence-corrected chi connectivity index (χ4v) is 3.53. The second-order valence-corrected chi connectivity index (χ2v) is 9.56. The van der Waals surface area contributed by atoms with Gasteiger partial charge in [0.05, 0.1) is 19.4 Å².